The first-order valence-electron chi connectivity index (χ1n) is 4.83. The van der Waals surface area contributed by atoms with Crippen LogP contribution in [0.5, 0.6) is 0 Å². The van der Waals surface area contributed by atoms with Crippen LogP contribution in [0.3, 0.4) is 0 Å². The maximum Gasteiger partial charge on any atom is 0.178 e. The first-order valence-corrected chi connectivity index (χ1v) is 5.37. The van der Waals surface area contributed by atoms with E-state index in [0.717, 1.165) is 0 Å². The van der Waals surface area contributed by atoms with E-state index in [2.05, 4.69) is 11.8 Å². The number of Topliss-reactive ketones (excluding diaryl/α,β-unsaturated/α-hetero) is 1. The molecule has 0 aliphatic heterocycles. The zero-order chi connectivity index (χ0) is 11.8. The minimum atomic E-state index is -0.196. The summed E-state index contributed by atoms with van der Waals surface area (Å²) in [6, 6.07) is 8.87. The molecule has 0 N–H and O–H groups in total. The molecular formula is C13H10ClNO. The number of carbonyl (C=O) groups is 1. The van der Waals surface area contributed by atoms with Gasteiger partial charge in [-0.25, -0.2) is 0 Å². The van der Waals surface area contributed by atoms with Crippen LogP contribution in [0.4, 0.5) is 0 Å². The fraction of sp³-hybridized carbons (Fsp3) is 0.231. The van der Waals surface area contributed by atoms with Crippen LogP contribution in [0.2, 0.25) is 0 Å². The normalized spacial score (nSPS) is 8.75. The van der Waals surface area contributed by atoms with E-state index in [1.165, 1.54) is 0 Å². The van der Waals surface area contributed by atoms with Crippen molar-refractivity contribution in [2.24, 2.45) is 0 Å². The number of carbonyl (C=O) groups excluding carboxylic acids is 1. The summed E-state index contributed by atoms with van der Waals surface area (Å²) in [5, 5.41) is 8.48. The van der Waals surface area contributed by atoms with E-state index in [-0.39, 0.29) is 12.2 Å². The molecule has 0 saturated carbocycles. The van der Waals surface area contributed by atoms with Gasteiger partial charge in [0.1, 0.15) is 0 Å². The lowest BCUT2D eigenvalue weighted by molar-refractivity contribution is 0.0997. The number of rotatable bonds is 3. The molecule has 0 radical (unpaired) electrons. The Hall–Kier alpha value is -1.77. The van der Waals surface area contributed by atoms with Crippen LogP contribution in [0, 0.1) is 23.2 Å². The topological polar surface area (TPSA) is 40.9 Å². The predicted octanol–water partition coefficient (Wildman–Crippen LogP) is 2.76. The van der Waals surface area contributed by atoms with E-state index in [1.807, 2.05) is 12.1 Å². The van der Waals surface area contributed by atoms with Crippen molar-refractivity contribution in [1.29, 1.82) is 5.26 Å². The molecular weight excluding hydrogens is 222 g/mol. The lowest BCUT2D eigenvalue weighted by Gasteiger charge is -1.99. The fourth-order valence-corrected chi connectivity index (χ4v) is 1.30. The van der Waals surface area contributed by atoms with Gasteiger partial charge in [0.05, 0.1) is 12.5 Å². The minimum Gasteiger partial charge on any atom is -0.293 e. The van der Waals surface area contributed by atoms with Gasteiger partial charge in [-0.15, -0.1) is 11.6 Å². The molecule has 16 heavy (non-hydrogen) atoms. The van der Waals surface area contributed by atoms with Crippen LogP contribution in [0.15, 0.2) is 24.3 Å². The number of halogens is 1. The molecule has 0 spiro atoms. The molecule has 0 saturated heterocycles. The second-order valence-corrected chi connectivity index (χ2v) is 3.42. The van der Waals surface area contributed by atoms with Crippen LogP contribution >= 0.6 is 11.6 Å². The Morgan fingerprint density at radius 3 is 2.81 bits per heavy atom. The van der Waals surface area contributed by atoms with Gasteiger partial charge >= 0.3 is 0 Å². The molecule has 0 unspecified atom stereocenters. The van der Waals surface area contributed by atoms with Crippen molar-refractivity contribution >= 4 is 17.4 Å². The second kappa shape index (κ2) is 6.67. The van der Waals surface area contributed by atoms with Gasteiger partial charge in [-0.3, -0.25) is 4.79 Å². The first-order chi connectivity index (χ1) is 7.79. The zero-order valence-electron chi connectivity index (χ0n) is 8.66. The van der Waals surface area contributed by atoms with E-state index in [9.17, 15) is 4.79 Å². The Balaban J connectivity index is 2.98. The Bertz CT molecular complexity index is 477. The third-order valence-corrected chi connectivity index (χ3v) is 2.10. The minimum absolute atomic E-state index is 0.117. The molecule has 0 amide bonds. The van der Waals surface area contributed by atoms with E-state index in [1.54, 1.807) is 18.2 Å². The number of hydrogen-bond acceptors (Lipinski definition) is 2. The molecule has 1 rings (SSSR count). The quantitative estimate of drug-likeness (QED) is 0.456. The molecule has 0 fully saturated rings. The lowest BCUT2D eigenvalue weighted by Crippen LogP contribution is -2.00. The number of ketones is 1. The van der Waals surface area contributed by atoms with Gasteiger partial charge in [-0.2, -0.15) is 5.26 Å². The highest BCUT2D eigenvalue weighted by molar-refractivity contribution is 6.18. The van der Waals surface area contributed by atoms with Gasteiger partial charge in [0.2, 0.25) is 0 Å². The van der Waals surface area contributed by atoms with Gasteiger partial charge in [0.15, 0.2) is 5.78 Å². The standard InChI is InChI=1S/C13H10ClNO/c14-9-4-3-6-11-5-1-2-7-12(11)13(16)8-10-15/h1-2,5,7H,4,8-9H2. The SMILES string of the molecule is N#CCC(=O)c1ccccc1C#CCCCl. The molecule has 3 heteroatoms. The van der Waals surface area contributed by atoms with Crippen molar-refractivity contribution in [1.82, 2.24) is 0 Å². The largest absolute Gasteiger partial charge is 0.293 e. The Morgan fingerprint density at radius 2 is 2.12 bits per heavy atom. The van der Waals surface area contributed by atoms with Gasteiger partial charge in [-0.05, 0) is 6.07 Å². The van der Waals surface area contributed by atoms with Crippen molar-refractivity contribution in [2.75, 3.05) is 5.88 Å². The van der Waals surface area contributed by atoms with Crippen molar-refractivity contribution in [2.45, 2.75) is 12.8 Å². The predicted molar refractivity (Wildman–Crippen MR) is 63.2 cm³/mol. The van der Waals surface area contributed by atoms with Gasteiger partial charge in [0, 0.05) is 23.4 Å². The molecule has 2 nitrogen and oxygen atoms in total. The van der Waals surface area contributed by atoms with E-state index in [4.69, 9.17) is 16.9 Å². The third kappa shape index (κ3) is 3.42. The van der Waals surface area contributed by atoms with Crippen LogP contribution in [0.25, 0.3) is 0 Å². The summed E-state index contributed by atoms with van der Waals surface area (Å²) >= 11 is 5.51. The van der Waals surface area contributed by atoms with Crippen molar-refractivity contribution in [3.8, 4) is 17.9 Å². The number of nitriles is 1. The summed E-state index contributed by atoms with van der Waals surface area (Å²) in [5.74, 6) is 6.04. The molecule has 0 aliphatic rings. The summed E-state index contributed by atoms with van der Waals surface area (Å²) in [6.07, 6.45) is 0.469. The number of benzene rings is 1. The first kappa shape index (κ1) is 12.3. The Morgan fingerprint density at radius 1 is 1.38 bits per heavy atom. The van der Waals surface area contributed by atoms with Gasteiger partial charge in [-0.1, -0.05) is 30.0 Å². The third-order valence-electron chi connectivity index (χ3n) is 1.91. The monoisotopic (exact) mass is 231 g/mol. The lowest BCUT2D eigenvalue weighted by atomic mass is 10.0. The fourth-order valence-electron chi connectivity index (χ4n) is 1.21. The summed E-state index contributed by atoms with van der Waals surface area (Å²) < 4.78 is 0. The second-order valence-electron chi connectivity index (χ2n) is 3.04. The average Bonchev–Trinajstić information content (AvgIpc) is 2.30. The summed E-state index contributed by atoms with van der Waals surface area (Å²) in [7, 11) is 0. The molecule has 0 aliphatic carbocycles. The van der Waals surface area contributed by atoms with Crippen LogP contribution in [-0.2, 0) is 0 Å². The molecule has 0 bridgehead atoms. The number of hydrogen-bond donors (Lipinski definition) is 0. The molecule has 0 heterocycles. The smallest absolute Gasteiger partial charge is 0.178 e. The summed E-state index contributed by atoms with van der Waals surface area (Å²) in [5.41, 5.74) is 1.17. The van der Waals surface area contributed by atoms with Gasteiger partial charge in [0.25, 0.3) is 0 Å². The number of nitrogens with zero attached hydrogens (tertiary/aromatic N) is 1. The summed E-state index contributed by atoms with van der Waals surface area (Å²) in [6.45, 7) is 0. The molecule has 1 aromatic carbocycles. The molecule has 80 valence electrons. The highest BCUT2D eigenvalue weighted by Gasteiger charge is 2.08. The average molecular weight is 232 g/mol. The van der Waals surface area contributed by atoms with Crippen molar-refractivity contribution in [3.63, 3.8) is 0 Å². The van der Waals surface area contributed by atoms with Crippen LogP contribution in [0.1, 0.15) is 28.8 Å². The maximum absolute atomic E-state index is 11.6. The number of alkyl halides is 1. The molecule has 1 aromatic rings. The van der Waals surface area contributed by atoms with E-state index >= 15 is 0 Å². The molecule has 0 aromatic heterocycles. The van der Waals surface area contributed by atoms with Crippen molar-refractivity contribution in [3.05, 3.63) is 35.4 Å². The Labute approximate surface area is 99.8 Å². The highest BCUT2D eigenvalue weighted by atomic mass is 35.5. The van der Waals surface area contributed by atoms with E-state index < -0.39 is 0 Å². The van der Waals surface area contributed by atoms with Crippen LogP contribution in [-0.4, -0.2) is 11.7 Å². The highest BCUT2D eigenvalue weighted by Crippen LogP contribution is 2.09. The summed E-state index contributed by atoms with van der Waals surface area (Å²) in [4.78, 5) is 11.6. The van der Waals surface area contributed by atoms with Crippen molar-refractivity contribution < 1.29 is 4.79 Å². The zero-order valence-corrected chi connectivity index (χ0v) is 9.42. The van der Waals surface area contributed by atoms with Crippen LogP contribution < -0.4 is 0 Å². The van der Waals surface area contributed by atoms with Gasteiger partial charge < -0.3 is 0 Å². The van der Waals surface area contributed by atoms with E-state index in [0.29, 0.717) is 23.4 Å². The maximum atomic E-state index is 11.6. The molecule has 0 atom stereocenters. The Kier molecular flexibility index (Phi) is 5.12.